The minimum Gasteiger partial charge on any atom is -0.481 e. The highest BCUT2D eigenvalue weighted by atomic mass is 16.4. The summed E-state index contributed by atoms with van der Waals surface area (Å²) in [6.07, 6.45) is 4.83. The fraction of sp³-hybridized carbons (Fsp3) is 0.929. The van der Waals surface area contributed by atoms with Crippen molar-refractivity contribution in [2.45, 2.75) is 65.3 Å². The van der Waals surface area contributed by atoms with E-state index in [1.807, 2.05) is 0 Å². The Bertz CT molecular complexity index is 271. The lowest BCUT2D eigenvalue weighted by Crippen LogP contribution is -2.60. The molecule has 1 atom stereocenters. The Labute approximate surface area is 105 Å². The van der Waals surface area contributed by atoms with Gasteiger partial charge in [-0.3, -0.25) is 9.69 Å². The predicted molar refractivity (Wildman–Crippen MR) is 70.2 cm³/mol. The molecule has 1 rings (SSSR count). The fourth-order valence-corrected chi connectivity index (χ4v) is 3.66. The smallest absolute Gasteiger partial charge is 0.305 e. The first-order valence-electron chi connectivity index (χ1n) is 6.86. The molecule has 0 aliphatic heterocycles. The molecule has 3 heteroatoms. The summed E-state index contributed by atoms with van der Waals surface area (Å²) in [5, 5.41) is 9.28. The summed E-state index contributed by atoms with van der Waals surface area (Å²) in [7, 11) is 0. The average molecular weight is 241 g/mol. The van der Waals surface area contributed by atoms with Gasteiger partial charge in [-0.2, -0.15) is 0 Å². The maximum atomic E-state index is 11.3. The van der Waals surface area contributed by atoms with Gasteiger partial charge in [-0.15, -0.1) is 0 Å². The predicted octanol–water partition coefficient (Wildman–Crippen LogP) is 3.14. The van der Waals surface area contributed by atoms with Crippen LogP contribution in [0.15, 0.2) is 0 Å². The Hall–Kier alpha value is -0.570. The molecule has 0 amide bonds. The first kappa shape index (κ1) is 14.5. The maximum absolute atomic E-state index is 11.3. The molecule has 0 saturated heterocycles. The SMILES string of the molecule is CCN(CC)C1(CC(=O)O)CCCCC1(C)C. The largest absolute Gasteiger partial charge is 0.481 e. The van der Waals surface area contributed by atoms with Crippen LogP contribution < -0.4 is 0 Å². The molecule has 1 aliphatic rings. The van der Waals surface area contributed by atoms with E-state index in [0.29, 0.717) is 0 Å². The van der Waals surface area contributed by atoms with E-state index in [2.05, 4.69) is 32.6 Å². The summed E-state index contributed by atoms with van der Waals surface area (Å²) in [6, 6.07) is 0. The van der Waals surface area contributed by atoms with Gasteiger partial charge in [0.05, 0.1) is 6.42 Å². The van der Waals surface area contributed by atoms with Crippen LogP contribution in [0.2, 0.25) is 0 Å². The molecule has 100 valence electrons. The van der Waals surface area contributed by atoms with Gasteiger partial charge in [-0.05, 0) is 31.3 Å². The second-order valence-electron chi connectivity index (χ2n) is 5.87. The zero-order valence-corrected chi connectivity index (χ0v) is 11.8. The van der Waals surface area contributed by atoms with Crippen molar-refractivity contribution in [2.75, 3.05) is 13.1 Å². The molecular weight excluding hydrogens is 214 g/mol. The number of nitrogens with zero attached hydrogens (tertiary/aromatic N) is 1. The number of carbonyl (C=O) groups is 1. The van der Waals surface area contributed by atoms with E-state index in [9.17, 15) is 9.90 Å². The number of rotatable bonds is 5. The number of carboxylic acids is 1. The monoisotopic (exact) mass is 241 g/mol. The lowest BCUT2D eigenvalue weighted by Gasteiger charge is -2.55. The quantitative estimate of drug-likeness (QED) is 0.804. The van der Waals surface area contributed by atoms with E-state index >= 15 is 0 Å². The highest BCUT2D eigenvalue weighted by molar-refractivity contribution is 5.68. The van der Waals surface area contributed by atoms with Crippen molar-refractivity contribution in [2.24, 2.45) is 5.41 Å². The highest BCUT2D eigenvalue weighted by Crippen LogP contribution is 2.49. The first-order chi connectivity index (χ1) is 7.89. The van der Waals surface area contributed by atoms with Crippen LogP contribution in [0.3, 0.4) is 0 Å². The zero-order chi connectivity index (χ0) is 13.1. The Morgan fingerprint density at radius 2 is 1.71 bits per heavy atom. The van der Waals surface area contributed by atoms with Crippen molar-refractivity contribution in [3.05, 3.63) is 0 Å². The van der Waals surface area contributed by atoms with Crippen molar-refractivity contribution in [1.29, 1.82) is 0 Å². The number of carboxylic acid groups (broad SMARTS) is 1. The third-order valence-electron chi connectivity index (χ3n) is 4.71. The highest BCUT2D eigenvalue weighted by Gasteiger charge is 2.50. The zero-order valence-electron chi connectivity index (χ0n) is 11.8. The lowest BCUT2D eigenvalue weighted by atomic mass is 9.60. The Balaban J connectivity index is 3.10. The summed E-state index contributed by atoms with van der Waals surface area (Å²) in [5.41, 5.74) is -0.0593. The van der Waals surface area contributed by atoms with Crippen molar-refractivity contribution in [3.63, 3.8) is 0 Å². The maximum Gasteiger partial charge on any atom is 0.305 e. The first-order valence-corrected chi connectivity index (χ1v) is 6.86. The van der Waals surface area contributed by atoms with Crippen LogP contribution in [-0.2, 0) is 4.79 Å². The van der Waals surface area contributed by atoms with Gasteiger partial charge >= 0.3 is 5.97 Å². The van der Waals surface area contributed by atoms with Crippen LogP contribution in [0, 0.1) is 5.41 Å². The molecule has 1 aliphatic carbocycles. The van der Waals surface area contributed by atoms with E-state index in [1.165, 1.54) is 6.42 Å². The summed E-state index contributed by atoms with van der Waals surface area (Å²) in [4.78, 5) is 13.6. The van der Waals surface area contributed by atoms with Gasteiger partial charge in [0, 0.05) is 5.54 Å². The van der Waals surface area contributed by atoms with E-state index in [1.54, 1.807) is 0 Å². The van der Waals surface area contributed by atoms with Crippen LogP contribution in [0.1, 0.15) is 59.8 Å². The topological polar surface area (TPSA) is 40.5 Å². The van der Waals surface area contributed by atoms with E-state index in [4.69, 9.17) is 0 Å². The standard InChI is InChI=1S/C14H27NO2/c1-5-15(6-2)14(11-12(16)17)10-8-7-9-13(14,3)4/h5-11H2,1-4H3,(H,16,17). The van der Waals surface area contributed by atoms with Crippen LogP contribution in [0.5, 0.6) is 0 Å². The van der Waals surface area contributed by atoms with Crippen LogP contribution in [0.25, 0.3) is 0 Å². The number of hydrogen-bond donors (Lipinski definition) is 1. The van der Waals surface area contributed by atoms with Crippen LogP contribution >= 0.6 is 0 Å². The molecule has 1 fully saturated rings. The summed E-state index contributed by atoms with van der Waals surface area (Å²) in [6.45, 7) is 10.6. The van der Waals surface area contributed by atoms with Gasteiger partial charge in [-0.1, -0.05) is 40.5 Å². The van der Waals surface area contributed by atoms with Gasteiger partial charge < -0.3 is 5.11 Å². The van der Waals surface area contributed by atoms with E-state index < -0.39 is 5.97 Å². The molecule has 0 bridgehead atoms. The van der Waals surface area contributed by atoms with Crippen molar-refractivity contribution < 1.29 is 9.90 Å². The van der Waals surface area contributed by atoms with E-state index in [0.717, 1.165) is 32.4 Å². The molecule has 0 aromatic rings. The molecule has 1 saturated carbocycles. The third kappa shape index (κ3) is 2.65. The number of hydrogen-bond acceptors (Lipinski definition) is 2. The van der Waals surface area contributed by atoms with Crippen molar-refractivity contribution in [1.82, 2.24) is 4.90 Å². The molecule has 17 heavy (non-hydrogen) atoms. The van der Waals surface area contributed by atoms with Crippen molar-refractivity contribution in [3.8, 4) is 0 Å². The molecule has 0 heterocycles. The fourth-order valence-electron chi connectivity index (χ4n) is 3.66. The van der Waals surface area contributed by atoms with Gasteiger partial charge in [-0.25, -0.2) is 0 Å². The molecule has 0 aromatic carbocycles. The Morgan fingerprint density at radius 1 is 1.18 bits per heavy atom. The minimum atomic E-state index is -0.660. The van der Waals surface area contributed by atoms with Gasteiger partial charge in [0.2, 0.25) is 0 Å². The molecule has 1 N–H and O–H groups in total. The summed E-state index contributed by atoms with van der Waals surface area (Å²) in [5.74, 6) is -0.660. The van der Waals surface area contributed by atoms with E-state index in [-0.39, 0.29) is 17.4 Å². The van der Waals surface area contributed by atoms with Gasteiger partial charge in [0.15, 0.2) is 0 Å². The molecule has 3 nitrogen and oxygen atoms in total. The Kier molecular flexibility index (Phi) is 4.59. The van der Waals surface area contributed by atoms with Gasteiger partial charge in [0.25, 0.3) is 0 Å². The van der Waals surface area contributed by atoms with Crippen LogP contribution in [-0.4, -0.2) is 34.6 Å². The second-order valence-corrected chi connectivity index (χ2v) is 5.87. The summed E-state index contributed by atoms with van der Waals surface area (Å²) >= 11 is 0. The molecule has 0 aromatic heterocycles. The molecule has 1 unspecified atom stereocenters. The molecule has 0 radical (unpaired) electrons. The molecule has 0 spiro atoms. The molecular formula is C14H27NO2. The van der Waals surface area contributed by atoms with Crippen molar-refractivity contribution >= 4 is 5.97 Å². The van der Waals surface area contributed by atoms with Gasteiger partial charge in [0.1, 0.15) is 0 Å². The third-order valence-corrected chi connectivity index (χ3v) is 4.71. The normalized spacial score (nSPS) is 28.3. The summed E-state index contributed by atoms with van der Waals surface area (Å²) < 4.78 is 0. The average Bonchev–Trinajstić information content (AvgIpc) is 2.23. The number of aliphatic carboxylic acids is 1. The minimum absolute atomic E-state index is 0.0929. The Morgan fingerprint density at radius 3 is 2.12 bits per heavy atom. The van der Waals surface area contributed by atoms with Crippen LogP contribution in [0.4, 0.5) is 0 Å². The lowest BCUT2D eigenvalue weighted by molar-refractivity contribution is -0.146. The second kappa shape index (κ2) is 5.38.